The molecule has 328 valence electrons. The third-order valence-corrected chi connectivity index (χ3v) is 8.60. The summed E-state index contributed by atoms with van der Waals surface area (Å²) >= 11 is 0. The van der Waals surface area contributed by atoms with Crippen molar-refractivity contribution >= 4 is 24.2 Å². The third kappa shape index (κ3) is 16.0. The van der Waals surface area contributed by atoms with Crippen LogP contribution in [-0.2, 0) is 38.0 Å². The van der Waals surface area contributed by atoms with E-state index in [-0.39, 0.29) is 45.4 Å². The van der Waals surface area contributed by atoms with Crippen molar-refractivity contribution in [2.24, 2.45) is 5.73 Å². The van der Waals surface area contributed by atoms with Crippen LogP contribution >= 0.6 is 0 Å². The molecule has 10 N–H and O–H groups in total. The Morgan fingerprint density at radius 1 is 0.842 bits per heavy atom. The van der Waals surface area contributed by atoms with Gasteiger partial charge in [0.25, 0.3) is 0 Å². The summed E-state index contributed by atoms with van der Waals surface area (Å²) in [5.74, 6) is -0.590. The topological polar surface area (TPSA) is 288 Å². The quantitative estimate of drug-likeness (QED) is 0.121. The molecular weight excluding hydrogens is 754 g/mol. The Morgan fingerprint density at radius 2 is 1.35 bits per heavy atom. The lowest BCUT2D eigenvalue weighted by atomic mass is 9.83. The predicted molar refractivity (Wildman–Crippen MR) is 201 cm³/mol. The molecule has 4 amide bonds. The van der Waals surface area contributed by atoms with Gasteiger partial charge >= 0.3 is 18.3 Å². The van der Waals surface area contributed by atoms with Gasteiger partial charge in [-0.1, -0.05) is 0 Å². The number of ether oxygens (including phenoxy) is 7. The number of hydrogen-bond acceptors (Lipinski definition) is 16. The van der Waals surface area contributed by atoms with Crippen molar-refractivity contribution in [3.8, 4) is 0 Å². The fraction of sp³-hybridized carbons (Fsp3) is 0.838. The summed E-state index contributed by atoms with van der Waals surface area (Å²) in [6.07, 6.45) is -11.5. The van der Waals surface area contributed by atoms with E-state index in [1.165, 1.54) is 6.92 Å². The van der Waals surface area contributed by atoms with Crippen LogP contribution in [0.15, 0.2) is 11.8 Å². The van der Waals surface area contributed by atoms with Crippen LogP contribution in [0.4, 0.5) is 14.4 Å². The van der Waals surface area contributed by atoms with Crippen molar-refractivity contribution in [2.45, 2.75) is 179 Å². The van der Waals surface area contributed by atoms with Gasteiger partial charge in [-0.05, 0) is 94.6 Å². The maximum atomic E-state index is 13.4. The number of aliphatic hydroxyl groups is 4. The monoisotopic (exact) mass is 819 g/mol. The molecular formula is C37H65N5O15. The SMILES string of the molecule is CC(C)(C)OC(=O)NCC[C@H](O)C(=O)N[C@@H]1C[C@H](NC(=O)OC(C)(C)C)[C@@H](O[C@H]2OC(CN)=CC[C@H]2NC(=O)OC(C)(C)C)[C@H](O)[C@H]1O[C@H]1OC[C@](C)(O)C[C@H]1O. The summed E-state index contributed by atoms with van der Waals surface area (Å²) in [6, 6.07) is -3.22. The van der Waals surface area contributed by atoms with E-state index in [0.717, 1.165) is 0 Å². The lowest BCUT2D eigenvalue weighted by molar-refractivity contribution is -0.298. The largest absolute Gasteiger partial charge is 0.466 e. The van der Waals surface area contributed by atoms with Crippen LogP contribution in [-0.4, -0.2) is 148 Å². The highest BCUT2D eigenvalue weighted by Gasteiger charge is 2.51. The van der Waals surface area contributed by atoms with E-state index >= 15 is 0 Å². The van der Waals surface area contributed by atoms with E-state index in [1.807, 2.05) is 0 Å². The van der Waals surface area contributed by atoms with Gasteiger partial charge in [0.1, 0.15) is 53.1 Å². The molecule has 11 atom stereocenters. The van der Waals surface area contributed by atoms with Gasteiger partial charge in [-0.2, -0.15) is 0 Å². The molecule has 2 heterocycles. The van der Waals surface area contributed by atoms with E-state index in [9.17, 15) is 39.6 Å². The van der Waals surface area contributed by atoms with Crippen LogP contribution in [0.2, 0.25) is 0 Å². The molecule has 0 unspecified atom stereocenters. The van der Waals surface area contributed by atoms with Gasteiger partial charge in [-0.25, -0.2) is 14.4 Å². The number of carbonyl (C=O) groups is 4. The number of alkyl carbamates (subject to hydrolysis) is 3. The van der Waals surface area contributed by atoms with Crippen LogP contribution in [0.25, 0.3) is 0 Å². The molecule has 20 heteroatoms. The molecule has 20 nitrogen and oxygen atoms in total. The molecule has 0 aromatic carbocycles. The highest BCUT2D eigenvalue weighted by molar-refractivity contribution is 5.81. The molecule has 0 radical (unpaired) electrons. The molecule has 2 fully saturated rings. The summed E-state index contributed by atoms with van der Waals surface area (Å²) in [7, 11) is 0. The summed E-state index contributed by atoms with van der Waals surface area (Å²) in [5, 5.41) is 54.9. The van der Waals surface area contributed by atoms with Crippen molar-refractivity contribution in [3.63, 3.8) is 0 Å². The first-order valence-corrected chi connectivity index (χ1v) is 19.2. The Morgan fingerprint density at radius 3 is 1.88 bits per heavy atom. The van der Waals surface area contributed by atoms with Crippen LogP contribution in [0.3, 0.4) is 0 Å². The predicted octanol–water partition coefficient (Wildman–Crippen LogP) is 0.516. The molecule has 0 spiro atoms. The van der Waals surface area contributed by atoms with Crippen molar-refractivity contribution in [2.75, 3.05) is 19.7 Å². The van der Waals surface area contributed by atoms with Gasteiger partial charge in [0, 0.05) is 13.0 Å². The molecule has 1 aliphatic carbocycles. The third-order valence-electron chi connectivity index (χ3n) is 8.60. The second kappa shape index (κ2) is 19.5. The van der Waals surface area contributed by atoms with Crippen LogP contribution in [0.1, 0.15) is 94.9 Å². The highest BCUT2D eigenvalue weighted by atomic mass is 16.7. The molecule has 0 aromatic heterocycles. The van der Waals surface area contributed by atoms with Crippen LogP contribution in [0.5, 0.6) is 0 Å². The standard InChI is InChI=1S/C37H65N5O15/c1-34(2,3)55-31(47)39-14-13-23(43)28(46)40-21-15-22(42-33(49)57-36(7,8)9)27(25(45)26(21)54-30-24(44)16-37(10,50)18-51-30)53-29-20(12-11-19(17-38)52-29)41-32(48)56-35(4,5)6/h11,20-27,29-30,43-45,50H,12-18,38H2,1-10H3,(H,39,47)(H,40,46)(H,41,48)(H,42,49)/t20-,21-,22+,23+,24-,25-,26+,27-,29-,30-,37-/m1/s1. The van der Waals surface area contributed by atoms with Crippen molar-refractivity contribution in [1.82, 2.24) is 21.3 Å². The fourth-order valence-electron chi connectivity index (χ4n) is 6.24. The van der Waals surface area contributed by atoms with Crippen LogP contribution in [0, 0.1) is 0 Å². The Kier molecular flexibility index (Phi) is 16.4. The maximum absolute atomic E-state index is 13.4. The number of nitrogens with one attached hydrogen (secondary N) is 4. The summed E-state index contributed by atoms with van der Waals surface area (Å²) in [5.41, 5.74) is 1.96. The average Bonchev–Trinajstić information content (AvgIpc) is 3.03. The molecule has 3 rings (SSSR count). The molecule has 57 heavy (non-hydrogen) atoms. The average molecular weight is 820 g/mol. The van der Waals surface area contributed by atoms with E-state index < -0.39 is 108 Å². The zero-order valence-corrected chi connectivity index (χ0v) is 34.7. The zero-order chi connectivity index (χ0) is 43.1. The smallest absolute Gasteiger partial charge is 0.408 e. The minimum atomic E-state index is -1.74. The van der Waals surface area contributed by atoms with E-state index in [0.29, 0.717) is 5.76 Å². The number of aliphatic hydroxyl groups excluding tert-OH is 3. The Labute approximate surface area is 333 Å². The second-order valence-electron chi connectivity index (χ2n) is 17.8. The Hall–Kier alpha value is -3.50. The molecule has 2 aliphatic heterocycles. The summed E-state index contributed by atoms with van der Waals surface area (Å²) in [4.78, 5) is 51.6. The number of carbonyl (C=O) groups excluding carboxylic acids is 4. The first-order chi connectivity index (χ1) is 26.1. The normalized spacial score (nSPS) is 31.4. The van der Waals surface area contributed by atoms with E-state index in [1.54, 1.807) is 68.4 Å². The molecule has 1 saturated carbocycles. The van der Waals surface area contributed by atoms with Gasteiger partial charge in [-0.3, -0.25) is 4.79 Å². The van der Waals surface area contributed by atoms with Crippen molar-refractivity contribution < 1.29 is 72.8 Å². The first kappa shape index (κ1) is 47.9. The Bertz CT molecular complexity index is 1410. The summed E-state index contributed by atoms with van der Waals surface area (Å²) in [6.45, 7) is 16.2. The van der Waals surface area contributed by atoms with Crippen LogP contribution < -0.4 is 27.0 Å². The number of nitrogens with two attached hydrogens (primary N) is 1. The van der Waals surface area contributed by atoms with Crippen molar-refractivity contribution in [3.05, 3.63) is 11.8 Å². The molecule has 3 aliphatic rings. The highest BCUT2D eigenvalue weighted by Crippen LogP contribution is 2.33. The molecule has 0 bridgehead atoms. The minimum absolute atomic E-state index is 0.0258. The first-order valence-electron chi connectivity index (χ1n) is 19.2. The van der Waals surface area contributed by atoms with E-state index in [2.05, 4.69) is 21.3 Å². The molecule has 0 aromatic rings. The lowest BCUT2D eigenvalue weighted by Crippen LogP contribution is -2.68. The maximum Gasteiger partial charge on any atom is 0.408 e. The molecule has 1 saturated heterocycles. The van der Waals surface area contributed by atoms with Gasteiger partial charge < -0.3 is 80.6 Å². The van der Waals surface area contributed by atoms with Crippen molar-refractivity contribution in [1.29, 1.82) is 0 Å². The van der Waals surface area contributed by atoms with Gasteiger partial charge in [0.05, 0.1) is 36.9 Å². The number of hydrogen-bond donors (Lipinski definition) is 9. The van der Waals surface area contributed by atoms with E-state index in [4.69, 9.17) is 38.9 Å². The fourth-order valence-corrected chi connectivity index (χ4v) is 6.24. The summed E-state index contributed by atoms with van der Waals surface area (Å²) < 4.78 is 40.3. The second-order valence-corrected chi connectivity index (χ2v) is 17.8. The minimum Gasteiger partial charge on any atom is -0.466 e. The van der Waals surface area contributed by atoms with Gasteiger partial charge in [0.15, 0.2) is 6.29 Å². The number of amides is 4. The number of rotatable bonds is 12. The zero-order valence-electron chi connectivity index (χ0n) is 34.7. The lowest BCUT2D eigenvalue weighted by Gasteiger charge is -2.48. The van der Waals surface area contributed by atoms with Gasteiger partial charge in [-0.15, -0.1) is 0 Å². The van der Waals surface area contributed by atoms with Gasteiger partial charge in [0.2, 0.25) is 12.2 Å². The Balaban J connectivity index is 1.95.